The topological polar surface area (TPSA) is 59.1 Å². The van der Waals surface area contributed by atoms with Gasteiger partial charge in [0.2, 0.25) is 0 Å². The fraction of sp³-hybridized carbons (Fsp3) is 0.474. The number of carbonyl (C=O) groups is 2. The fourth-order valence-corrected chi connectivity index (χ4v) is 3.16. The normalized spacial score (nSPS) is 18.6. The van der Waals surface area contributed by atoms with Gasteiger partial charge in [-0.15, -0.1) is 0 Å². The first-order valence-corrected chi connectivity index (χ1v) is 8.73. The van der Waals surface area contributed by atoms with Gasteiger partial charge in [-0.05, 0) is 38.5 Å². The van der Waals surface area contributed by atoms with Gasteiger partial charge >= 0.3 is 0 Å². The van der Waals surface area contributed by atoms with E-state index in [0.29, 0.717) is 44.1 Å². The molecule has 1 saturated heterocycles. The number of carbonyl (C=O) groups excluding carboxylic acids is 2. The first-order chi connectivity index (χ1) is 12.0. The number of hydrogen-bond acceptors (Lipinski definition) is 5. The summed E-state index contributed by atoms with van der Waals surface area (Å²) in [7, 11) is 0. The Hall–Kier alpha value is -2.34. The summed E-state index contributed by atoms with van der Waals surface area (Å²) in [5.74, 6) is 0.301. The van der Waals surface area contributed by atoms with Crippen molar-refractivity contribution in [2.45, 2.75) is 26.9 Å². The average Bonchev–Trinajstić information content (AvgIpc) is 2.86. The van der Waals surface area contributed by atoms with Crippen molar-refractivity contribution in [1.29, 1.82) is 0 Å². The predicted octanol–water partition coefficient (Wildman–Crippen LogP) is 1.91. The predicted molar refractivity (Wildman–Crippen MR) is 93.9 cm³/mol. The molecule has 6 heteroatoms. The summed E-state index contributed by atoms with van der Waals surface area (Å²) < 4.78 is 11.0. The number of hydrogen-bond donors (Lipinski definition) is 0. The smallest absolute Gasteiger partial charge is 0.277 e. The second kappa shape index (κ2) is 7.27. The lowest BCUT2D eigenvalue weighted by atomic mass is 10.0. The molecule has 1 aromatic carbocycles. The van der Waals surface area contributed by atoms with E-state index in [1.54, 1.807) is 0 Å². The number of rotatable bonds is 5. The van der Waals surface area contributed by atoms with Crippen molar-refractivity contribution in [3.05, 3.63) is 35.5 Å². The molecule has 2 aliphatic heterocycles. The van der Waals surface area contributed by atoms with E-state index in [9.17, 15) is 9.59 Å². The minimum Gasteiger partial charge on any atom is -0.491 e. The van der Waals surface area contributed by atoms with Crippen LogP contribution in [0.5, 0.6) is 5.75 Å². The number of ether oxygens (including phenoxy) is 2. The molecule has 25 heavy (non-hydrogen) atoms. The van der Waals surface area contributed by atoms with Crippen LogP contribution < -0.4 is 4.74 Å². The maximum absolute atomic E-state index is 12.8. The molecule has 0 bridgehead atoms. The summed E-state index contributed by atoms with van der Waals surface area (Å²) in [6.45, 7) is 8.46. The molecule has 0 aliphatic carbocycles. The molecule has 134 valence electrons. The van der Waals surface area contributed by atoms with Crippen LogP contribution >= 0.6 is 0 Å². The summed E-state index contributed by atoms with van der Waals surface area (Å²) in [6.07, 6.45) is 0.0826. The van der Waals surface area contributed by atoms with Gasteiger partial charge in [0.1, 0.15) is 11.4 Å². The van der Waals surface area contributed by atoms with Crippen LogP contribution in [-0.4, -0.2) is 60.6 Å². The van der Waals surface area contributed by atoms with Gasteiger partial charge in [0, 0.05) is 19.6 Å². The largest absolute Gasteiger partial charge is 0.491 e. The van der Waals surface area contributed by atoms with Gasteiger partial charge in [-0.3, -0.25) is 14.5 Å². The minimum absolute atomic E-state index is 0.0826. The molecule has 2 heterocycles. The second-order valence-electron chi connectivity index (χ2n) is 6.37. The lowest BCUT2D eigenvalue weighted by Crippen LogP contribution is -2.40. The van der Waals surface area contributed by atoms with Crippen molar-refractivity contribution < 1.29 is 19.1 Å². The fourth-order valence-electron chi connectivity index (χ4n) is 3.16. The zero-order valence-electron chi connectivity index (χ0n) is 14.9. The molecular formula is C19H24N2O4. The molecule has 0 radical (unpaired) electrons. The Morgan fingerprint density at radius 3 is 2.28 bits per heavy atom. The molecule has 0 spiro atoms. The van der Waals surface area contributed by atoms with Gasteiger partial charge < -0.3 is 14.4 Å². The Kier molecular flexibility index (Phi) is 5.08. The zero-order valence-corrected chi connectivity index (χ0v) is 14.9. The van der Waals surface area contributed by atoms with Gasteiger partial charge in [-0.2, -0.15) is 0 Å². The molecule has 1 aromatic rings. The van der Waals surface area contributed by atoms with Gasteiger partial charge in [0.25, 0.3) is 11.8 Å². The molecule has 0 saturated carbocycles. The van der Waals surface area contributed by atoms with Crippen LogP contribution in [0.25, 0.3) is 5.57 Å². The van der Waals surface area contributed by atoms with Crippen LogP contribution in [0.15, 0.2) is 30.0 Å². The van der Waals surface area contributed by atoms with Crippen LogP contribution in [0.2, 0.25) is 0 Å². The third-order valence-corrected chi connectivity index (χ3v) is 4.30. The second-order valence-corrected chi connectivity index (χ2v) is 6.37. The number of benzene rings is 1. The Bertz CT molecular complexity index is 688. The molecule has 0 aromatic heterocycles. The van der Waals surface area contributed by atoms with E-state index in [4.69, 9.17) is 9.47 Å². The molecule has 1 fully saturated rings. The maximum Gasteiger partial charge on any atom is 0.277 e. The van der Waals surface area contributed by atoms with Gasteiger partial charge in [-0.25, -0.2) is 0 Å². The molecule has 2 amide bonds. The van der Waals surface area contributed by atoms with Crippen LogP contribution in [0.3, 0.4) is 0 Å². The summed E-state index contributed by atoms with van der Waals surface area (Å²) in [6, 6.07) is 7.37. The minimum atomic E-state index is -0.230. The highest BCUT2D eigenvalue weighted by atomic mass is 16.5. The van der Waals surface area contributed by atoms with E-state index in [2.05, 4.69) is 0 Å². The van der Waals surface area contributed by atoms with Gasteiger partial charge in [0.15, 0.2) is 0 Å². The summed E-state index contributed by atoms with van der Waals surface area (Å²) in [4.78, 5) is 28.9. The van der Waals surface area contributed by atoms with E-state index in [0.717, 1.165) is 11.3 Å². The van der Waals surface area contributed by atoms with Crippen molar-refractivity contribution in [3.63, 3.8) is 0 Å². The lowest BCUT2D eigenvalue weighted by molar-refractivity contribution is -0.137. The molecule has 0 atom stereocenters. The van der Waals surface area contributed by atoms with Crippen molar-refractivity contribution in [3.8, 4) is 5.75 Å². The van der Waals surface area contributed by atoms with Crippen molar-refractivity contribution in [2.24, 2.45) is 0 Å². The van der Waals surface area contributed by atoms with Gasteiger partial charge in [0.05, 0.1) is 24.9 Å². The van der Waals surface area contributed by atoms with E-state index in [-0.39, 0.29) is 17.9 Å². The molecule has 6 nitrogen and oxygen atoms in total. The Balaban J connectivity index is 1.99. The van der Waals surface area contributed by atoms with Crippen molar-refractivity contribution >= 4 is 17.4 Å². The quantitative estimate of drug-likeness (QED) is 0.764. The zero-order chi connectivity index (χ0) is 18.0. The van der Waals surface area contributed by atoms with Crippen LogP contribution in [0.4, 0.5) is 0 Å². The third-order valence-electron chi connectivity index (χ3n) is 4.30. The number of likely N-dealkylation sites (N-methyl/N-ethyl adjacent to an activating group) is 1. The highest BCUT2D eigenvalue weighted by Crippen LogP contribution is 2.32. The van der Waals surface area contributed by atoms with E-state index >= 15 is 0 Å². The van der Waals surface area contributed by atoms with E-state index < -0.39 is 0 Å². The molecule has 3 rings (SSSR count). The molecule has 2 aliphatic rings. The lowest BCUT2D eigenvalue weighted by Gasteiger charge is -2.29. The summed E-state index contributed by atoms with van der Waals surface area (Å²) in [5, 5.41) is 0. The maximum atomic E-state index is 12.8. The third kappa shape index (κ3) is 3.39. The summed E-state index contributed by atoms with van der Waals surface area (Å²) in [5.41, 5.74) is 1.71. The average molecular weight is 344 g/mol. The van der Waals surface area contributed by atoms with Crippen molar-refractivity contribution in [2.75, 3.05) is 32.8 Å². The van der Waals surface area contributed by atoms with Gasteiger partial charge in [-0.1, -0.05) is 12.1 Å². The first kappa shape index (κ1) is 17.5. The standard InChI is InChI=1S/C19H24N2O4/c1-4-21-18(22)16(14-5-7-15(8-6-14)25-13(2)3)17(19(21)23)20-9-11-24-12-10-20/h5-8,13H,4,9-12H2,1-3H3. The Morgan fingerprint density at radius 2 is 1.72 bits per heavy atom. The van der Waals surface area contributed by atoms with Crippen molar-refractivity contribution in [1.82, 2.24) is 9.80 Å². The van der Waals surface area contributed by atoms with Crippen LogP contribution in [-0.2, 0) is 14.3 Å². The molecule has 0 unspecified atom stereocenters. The highest BCUT2D eigenvalue weighted by Gasteiger charge is 2.40. The van der Waals surface area contributed by atoms with E-state index in [1.165, 1.54) is 4.90 Å². The SMILES string of the molecule is CCN1C(=O)C(c2ccc(OC(C)C)cc2)=C(N2CCOCC2)C1=O. The Labute approximate surface area is 148 Å². The highest BCUT2D eigenvalue weighted by molar-refractivity contribution is 6.35. The first-order valence-electron chi connectivity index (χ1n) is 8.73. The number of morpholine rings is 1. The molecule has 0 N–H and O–H groups in total. The number of nitrogens with zero attached hydrogens (tertiary/aromatic N) is 2. The van der Waals surface area contributed by atoms with E-state index in [1.807, 2.05) is 49.9 Å². The molecular weight excluding hydrogens is 320 g/mol. The van der Waals surface area contributed by atoms with Crippen LogP contribution in [0, 0.1) is 0 Å². The summed E-state index contributed by atoms with van der Waals surface area (Å²) >= 11 is 0. The number of amides is 2. The monoisotopic (exact) mass is 344 g/mol. The van der Waals surface area contributed by atoms with Crippen LogP contribution in [0.1, 0.15) is 26.3 Å². The number of imide groups is 1. The Morgan fingerprint density at radius 1 is 1.08 bits per heavy atom.